The molecule has 2 aromatic carbocycles. The van der Waals surface area contributed by atoms with E-state index in [0.29, 0.717) is 11.1 Å². The topological polar surface area (TPSA) is 67.4 Å². The van der Waals surface area contributed by atoms with Crippen LogP contribution in [0, 0.1) is 0 Å². The Morgan fingerprint density at radius 1 is 0.595 bits per heavy atom. The van der Waals surface area contributed by atoms with Crippen LogP contribution in [0.2, 0.25) is 26.2 Å². The SMILES string of the molecule is CCCCCCNC(=O)c1ccc([Si](C)(C)O[Si](C)(C)c2ccc(C(=O)NCCCCCC)cc2)cc1. The summed E-state index contributed by atoms with van der Waals surface area (Å²) in [7, 11) is -4.42. The van der Waals surface area contributed by atoms with Crippen LogP contribution < -0.4 is 21.0 Å². The monoisotopic (exact) mass is 540 g/mol. The smallest absolute Gasteiger partial charge is 0.251 e. The van der Waals surface area contributed by atoms with E-state index in [-0.39, 0.29) is 11.8 Å². The molecule has 2 aromatic rings. The highest BCUT2D eigenvalue weighted by molar-refractivity contribution is 6.96. The van der Waals surface area contributed by atoms with Gasteiger partial charge in [0.2, 0.25) is 16.6 Å². The van der Waals surface area contributed by atoms with Crippen molar-refractivity contribution >= 4 is 38.8 Å². The molecule has 0 unspecified atom stereocenters. The zero-order chi connectivity index (χ0) is 27.3. The maximum Gasteiger partial charge on any atom is 0.251 e. The summed E-state index contributed by atoms with van der Waals surface area (Å²) in [6, 6.07) is 15.9. The second-order valence-corrected chi connectivity index (χ2v) is 18.9. The zero-order valence-corrected chi connectivity index (χ0v) is 25.9. The van der Waals surface area contributed by atoms with Crippen LogP contribution >= 0.6 is 0 Å². The Hall–Kier alpha value is -2.23. The number of nitrogens with one attached hydrogen (secondary N) is 2. The fourth-order valence-corrected chi connectivity index (χ4v) is 12.5. The van der Waals surface area contributed by atoms with Crippen molar-refractivity contribution < 1.29 is 13.7 Å². The van der Waals surface area contributed by atoms with Crippen molar-refractivity contribution in [2.24, 2.45) is 0 Å². The minimum absolute atomic E-state index is 0.0109. The van der Waals surface area contributed by atoms with Gasteiger partial charge in [0.15, 0.2) is 0 Å². The molecule has 0 saturated carbocycles. The summed E-state index contributed by atoms with van der Waals surface area (Å²) in [6.07, 6.45) is 9.16. The van der Waals surface area contributed by atoms with E-state index >= 15 is 0 Å². The van der Waals surface area contributed by atoms with Gasteiger partial charge in [-0.05, 0) is 73.7 Å². The Labute approximate surface area is 227 Å². The van der Waals surface area contributed by atoms with Crippen molar-refractivity contribution in [3.63, 3.8) is 0 Å². The lowest BCUT2D eigenvalue weighted by Crippen LogP contribution is -2.57. The molecular weight excluding hydrogens is 493 g/mol. The van der Waals surface area contributed by atoms with Crippen molar-refractivity contribution in [2.45, 2.75) is 91.4 Å². The molecular formula is C30H48N2O3Si2. The third kappa shape index (κ3) is 10.2. The molecule has 0 aliphatic carbocycles. The summed E-state index contributed by atoms with van der Waals surface area (Å²) in [5, 5.41) is 8.40. The Morgan fingerprint density at radius 2 is 0.946 bits per heavy atom. The maximum absolute atomic E-state index is 12.5. The number of amides is 2. The van der Waals surface area contributed by atoms with Crippen molar-refractivity contribution in [1.29, 1.82) is 0 Å². The van der Waals surface area contributed by atoms with Crippen molar-refractivity contribution in [3.05, 3.63) is 59.7 Å². The first-order chi connectivity index (χ1) is 17.6. The summed E-state index contributed by atoms with van der Waals surface area (Å²) in [6.45, 7) is 14.7. The molecule has 2 amide bonds. The summed E-state index contributed by atoms with van der Waals surface area (Å²) in [4.78, 5) is 24.9. The van der Waals surface area contributed by atoms with Crippen LogP contribution in [0.3, 0.4) is 0 Å². The molecule has 0 bridgehead atoms. The lowest BCUT2D eigenvalue weighted by molar-refractivity contribution is 0.0944. The van der Waals surface area contributed by atoms with Crippen molar-refractivity contribution in [1.82, 2.24) is 10.6 Å². The van der Waals surface area contributed by atoms with Crippen molar-refractivity contribution in [3.8, 4) is 0 Å². The molecule has 7 heteroatoms. The Kier molecular flexibility index (Phi) is 12.8. The molecule has 0 radical (unpaired) electrons. The Morgan fingerprint density at radius 3 is 1.27 bits per heavy atom. The van der Waals surface area contributed by atoms with Gasteiger partial charge in [-0.3, -0.25) is 9.59 Å². The summed E-state index contributed by atoms with van der Waals surface area (Å²) < 4.78 is 6.88. The average molecular weight is 541 g/mol. The van der Waals surface area contributed by atoms with Crippen LogP contribution in [0.1, 0.15) is 85.9 Å². The summed E-state index contributed by atoms with van der Waals surface area (Å²) >= 11 is 0. The van der Waals surface area contributed by atoms with E-state index in [1.807, 2.05) is 24.3 Å². The number of unbranched alkanes of at least 4 members (excludes halogenated alkanes) is 6. The van der Waals surface area contributed by atoms with E-state index in [9.17, 15) is 9.59 Å². The second kappa shape index (κ2) is 15.2. The molecule has 0 fully saturated rings. The largest absolute Gasteiger partial charge is 0.449 e. The Balaban J connectivity index is 1.96. The number of benzene rings is 2. The van der Waals surface area contributed by atoms with Gasteiger partial charge in [0.25, 0.3) is 11.8 Å². The molecule has 0 spiro atoms. The van der Waals surface area contributed by atoms with Crippen LogP contribution in [0.5, 0.6) is 0 Å². The van der Waals surface area contributed by atoms with E-state index in [0.717, 1.165) is 38.8 Å². The maximum atomic E-state index is 12.5. The minimum atomic E-state index is -2.21. The molecule has 204 valence electrons. The van der Waals surface area contributed by atoms with Crippen molar-refractivity contribution in [2.75, 3.05) is 13.1 Å². The van der Waals surface area contributed by atoms with E-state index in [4.69, 9.17) is 4.12 Å². The Bertz CT molecular complexity index is 894. The second-order valence-electron chi connectivity index (χ2n) is 10.9. The molecule has 0 heterocycles. The molecule has 2 N–H and O–H groups in total. The highest BCUT2D eigenvalue weighted by Gasteiger charge is 2.36. The average Bonchev–Trinajstić information content (AvgIpc) is 2.88. The highest BCUT2D eigenvalue weighted by atomic mass is 28.4. The number of carbonyl (C=O) groups is 2. The van der Waals surface area contributed by atoms with Gasteiger partial charge >= 0.3 is 0 Å². The lowest BCUT2D eigenvalue weighted by Gasteiger charge is -2.34. The first kappa shape index (κ1) is 31.0. The van der Waals surface area contributed by atoms with E-state index in [1.54, 1.807) is 0 Å². The van der Waals surface area contributed by atoms with Gasteiger partial charge in [0.05, 0.1) is 0 Å². The van der Waals surface area contributed by atoms with Crippen LogP contribution in [0.4, 0.5) is 0 Å². The zero-order valence-electron chi connectivity index (χ0n) is 23.9. The molecule has 0 atom stereocenters. The summed E-state index contributed by atoms with van der Waals surface area (Å²) in [5.41, 5.74) is 1.39. The number of hydrogen-bond acceptors (Lipinski definition) is 3. The highest BCUT2D eigenvalue weighted by Crippen LogP contribution is 2.16. The van der Waals surface area contributed by atoms with E-state index < -0.39 is 16.6 Å². The van der Waals surface area contributed by atoms with E-state index in [2.05, 4.69) is 74.9 Å². The fourth-order valence-electron chi connectivity index (χ4n) is 4.51. The predicted molar refractivity (Wildman–Crippen MR) is 161 cm³/mol. The minimum Gasteiger partial charge on any atom is -0.449 e. The quantitative estimate of drug-likeness (QED) is 0.207. The van der Waals surface area contributed by atoms with Gasteiger partial charge in [-0.1, -0.05) is 76.6 Å². The van der Waals surface area contributed by atoms with E-state index in [1.165, 1.54) is 36.1 Å². The number of rotatable bonds is 16. The predicted octanol–water partition coefficient (Wildman–Crippen LogP) is 5.85. The number of carbonyl (C=O) groups excluding carboxylic acids is 2. The normalized spacial score (nSPS) is 11.8. The molecule has 0 saturated heterocycles. The molecule has 0 aromatic heterocycles. The fraction of sp³-hybridized carbons (Fsp3) is 0.533. The van der Waals surface area contributed by atoms with Gasteiger partial charge in [-0.15, -0.1) is 0 Å². The van der Waals surface area contributed by atoms with Gasteiger partial charge < -0.3 is 14.7 Å². The molecule has 0 aliphatic rings. The van der Waals surface area contributed by atoms with Gasteiger partial charge in [0.1, 0.15) is 0 Å². The van der Waals surface area contributed by atoms with Crippen LogP contribution in [-0.4, -0.2) is 41.5 Å². The third-order valence-corrected chi connectivity index (χ3v) is 14.4. The van der Waals surface area contributed by atoms with Gasteiger partial charge in [-0.25, -0.2) is 0 Å². The van der Waals surface area contributed by atoms with Crippen LogP contribution in [0.15, 0.2) is 48.5 Å². The van der Waals surface area contributed by atoms with Gasteiger partial charge in [0, 0.05) is 24.2 Å². The van der Waals surface area contributed by atoms with Gasteiger partial charge in [-0.2, -0.15) is 0 Å². The standard InChI is InChI=1S/C30H48N2O3Si2/c1-7-9-11-13-23-31-29(33)25-15-19-27(20-16-25)36(3,4)35-37(5,6)28-21-17-26(18-22-28)30(34)32-24-14-12-10-8-2/h15-22H,7-14,23-24H2,1-6H3,(H,31,33)(H,32,34). The third-order valence-electron chi connectivity index (χ3n) is 6.83. The first-order valence-electron chi connectivity index (χ1n) is 14.1. The molecule has 37 heavy (non-hydrogen) atoms. The molecule has 2 rings (SSSR count). The lowest BCUT2D eigenvalue weighted by atomic mass is 10.2. The van der Waals surface area contributed by atoms with Crippen LogP contribution in [0.25, 0.3) is 0 Å². The van der Waals surface area contributed by atoms with Crippen LogP contribution in [-0.2, 0) is 4.12 Å². The first-order valence-corrected chi connectivity index (χ1v) is 19.9. The summed E-state index contributed by atoms with van der Waals surface area (Å²) in [5.74, 6) is -0.0218. The molecule has 5 nitrogen and oxygen atoms in total. The number of hydrogen-bond donors (Lipinski definition) is 2. The molecule has 0 aliphatic heterocycles.